The summed E-state index contributed by atoms with van der Waals surface area (Å²) in [5.74, 6) is -0.183. The van der Waals surface area contributed by atoms with Crippen molar-refractivity contribution in [2.45, 2.75) is 30.3 Å². The van der Waals surface area contributed by atoms with Gasteiger partial charge in [0.25, 0.3) is 10.1 Å². The molecule has 1 aromatic rings. The Morgan fingerprint density at radius 3 is 2.62 bits per heavy atom. The second-order valence-corrected chi connectivity index (χ2v) is 6.17. The van der Waals surface area contributed by atoms with Gasteiger partial charge in [-0.15, -0.1) is 0 Å². The molecule has 1 aliphatic heterocycles. The van der Waals surface area contributed by atoms with Gasteiger partial charge in [-0.2, -0.15) is 21.6 Å². The predicted octanol–water partition coefficient (Wildman–Crippen LogP) is 2.23. The summed E-state index contributed by atoms with van der Waals surface area (Å²) >= 11 is 0. The zero-order valence-corrected chi connectivity index (χ0v) is 11.6. The average Bonchev–Trinajstić information content (AvgIpc) is 2.55. The highest BCUT2D eigenvalue weighted by molar-refractivity contribution is 7.86. The number of nitrogens with one attached hydrogen (secondary N) is 1. The molecule has 0 saturated heterocycles. The first-order valence-electron chi connectivity index (χ1n) is 6.06. The van der Waals surface area contributed by atoms with Crippen molar-refractivity contribution < 1.29 is 30.6 Å². The largest absolute Gasteiger partial charge is 0.413 e. The van der Waals surface area contributed by atoms with Crippen LogP contribution in [0.5, 0.6) is 0 Å². The van der Waals surface area contributed by atoms with Crippen LogP contribution in [0.25, 0.3) is 0 Å². The first-order chi connectivity index (χ1) is 9.67. The van der Waals surface area contributed by atoms with Crippen molar-refractivity contribution in [1.82, 2.24) is 0 Å². The Morgan fingerprint density at radius 2 is 1.95 bits per heavy atom. The van der Waals surface area contributed by atoms with Gasteiger partial charge in [-0.25, -0.2) is 0 Å². The van der Waals surface area contributed by atoms with E-state index in [0.717, 1.165) is 6.07 Å². The van der Waals surface area contributed by atoms with Crippen LogP contribution in [0.2, 0.25) is 0 Å². The van der Waals surface area contributed by atoms with Gasteiger partial charge in [-0.3, -0.25) is 8.98 Å². The van der Waals surface area contributed by atoms with Crippen molar-refractivity contribution in [2.24, 2.45) is 0 Å². The number of halogens is 3. The van der Waals surface area contributed by atoms with Gasteiger partial charge in [-0.1, -0.05) is 0 Å². The first kappa shape index (κ1) is 15.8. The third-order valence-corrected chi connectivity index (χ3v) is 4.13. The number of hydrogen-bond acceptors (Lipinski definition) is 4. The standard InChI is InChI=1S/C12H12F3NO4S/c13-12(14,15)7-20-21(18,19)9-4-5-10-8(6-9)2-1-3-11(17)16-10/h4-6H,1-3,7H2,(H,16,17). The van der Waals surface area contributed by atoms with Crippen LogP contribution in [0.4, 0.5) is 18.9 Å². The molecule has 0 bridgehead atoms. The number of rotatable bonds is 3. The molecule has 0 spiro atoms. The highest BCUT2D eigenvalue weighted by Crippen LogP contribution is 2.26. The molecule has 1 aromatic carbocycles. The molecule has 1 heterocycles. The Morgan fingerprint density at radius 1 is 1.24 bits per heavy atom. The Kier molecular flexibility index (Phi) is 4.24. The van der Waals surface area contributed by atoms with E-state index in [1.165, 1.54) is 12.1 Å². The van der Waals surface area contributed by atoms with E-state index in [-0.39, 0.29) is 10.8 Å². The van der Waals surface area contributed by atoms with Crippen molar-refractivity contribution in [3.8, 4) is 0 Å². The zero-order chi connectivity index (χ0) is 15.7. The van der Waals surface area contributed by atoms with E-state index < -0.39 is 22.9 Å². The van der Waals surface area contributed by atoms with Crippen LogP contribution in [0.1, 0.15) is 18.4 Å². The summed E-state index contributed by atoms with van der Waals surface area (Å²) in [6.07, 6.45) is -3.43. The number of fused-ring (bicyclic) bond motifs is 1. The molecule has 2 rings (SSSR count). The number of benzene rings is 1. The number of carbonyl (C=O) groups excluding carboxylic acids is 1. The summed E-state index contributed by atoms with van der Waals surface area (Å²) in [6, 6.07) is 3.69. The molecule has 1 aliphatic rings. The molecule has 0 atom stereocenters. The lowest BCUT2D eigenvalue weighted by molar-refractivity contribution is -0.152. The fraction of sp³-hybridized carbons (Fsp3) is 0.417. The zero-order valence-electron chi connectivity index (χ0n) is 10.7. The molecule has 0 fully saturated rings. The van der Waals surface area contributed by atoms with Gasteiger partial charge >= 0.3 is 6.18 Å². The number of amides is 1. The molecule has 0 saturated carbocycles. The molecule has 0 aromatic heterocycles. The number of carbonyl (C=O) groups is 1. The van der Waals surface area contributed by atoms with E-state index in [0.29, 0.717) is 30.5 Å². The number of aryl methyl sites for hydroxylation is 1. The van der Waals surface area contributed by atoms with E-state index in [1.54, 1.807) is 0 Å². The Balaban J connectivity index is 2.25. The normalized spacial score (nSPS) is 16.0. The fourth-order valence-electron chi connectivity index (χ4n) is 1.92. The van der Waals surface area contributed by atoms with Crippen molar-refractivity contribution in [1.29, 1.82) is 0 Å². The van der Waals surface area contributed by atoms with Crippen LogP contribution in [-0.2, 0) is 25.5 Å². The van der Waals surface area contributed by atoms with Crippen LogP contribution >= 0.6 is 0 Å². The molecular weight excluding hydrogens is 311 g/mol. The Labute approximate surface area is 119 Å². The minimum Gasteiger partial charge on any atom is -0.326 e. The first-order valence-corrected chi connectivity index (χ1v) is 7.47. The number of hydrogen-bond donors (Lipinski definition) is 1. The highest BCUT2D eigenvalue weighted by atomic mass is 32.2. The molecule has 116 valence electrons. The summed E-state index contributed by atoms with van der Waals surface area (Å²) in [4.78, 5) is 11.0. The van der Waals surface area contributed by atoms with Crippen molar-refractivity contribution in [3.05, 3.63) is 23.8 Å². The molecule has 1 N–H and O–H groups in total. The van der Waals surface area contributed by atoms with Gasteiger partial charge < -0.3 is 5.32 Å². The highest BCUT2D eigenvalue weighted by Gasteiger charge is 2.31. The average molecular weight is 323 g/mol. The molecular formula is C12H12F3NO4S. The van der Waals surface area contributed by atoms with Gasteiger partial charge in [0.2, 0.25) is 5.91 Å². The smallest absolute Gasteiger partial charge is 0.326 e. The minimum absolute atomic E-state index is 0.183. The third kappa shape index (κ3) is 4.18. The lowest BCUT2D eigenvalue weighted by Crippen LogP contribution is -2.20. The van der Waals surface area contributed by atoms with Crippen molar-refractivity contribution in [3.63, 3.8) is 0 Å². The lowest BCUT2D eigenvalue weighted by Gasteiger charge is -2.11. The van der Waals surface area contributed by atoms with Gasteiger partial charge in [0, 0.05) is 12.1 Å². The maximum atomic E-state index is 12.0. The van der Waals surface area contributed by atoms with Crippen LogP contribution in [0, 0.1) is 0 Å². The quantitative estimate of drug-likeness (QED) is 0.866. The maximum Gasteiger partial charge on any atom is 0.413 e. The van der Waals surface area contributed by atoms with E-state index in [2.05, 4.69) is 9.50 Å². The van der Waals surface area contributed by atoms with Crippen LogP contribution in [0.15, 0.2) is 23.1 Å². The second-order valence-electron chi connectivity index (χ2n) is 4.55. The van der Waals surface area contributed by atoms with Crippen molar-refractivity contribution >= 4 is 21.7 Å². The molecule has 0 radical (unpaired) electrons. The summed E-state index contributed by atoms with van der Waals surface area (Å²) in [5.41, 5.74) is 1.02. The summed E-state index contributed by atoms with van der Waals surface area (Å²) in [6.45, 7) is -1.87. The summed E-state index contributed by atoms with van der Waals surface area (Å²) in [7, 11) is -4.49. The molecule has 0 aliphatic carbocycles. The van der Waals surface area contributed by atoms with E-state index >= 15 is 0 Å². The molecule has 21 heavy (non-hydrogen) atoms. The van der Waals surface area contributed by atoms with Gasteiger partial charge in [0.1, 0.15) is 0 Å². The Bertz CT molecular complexity index is 655. The van der Waals surface area contributed by atoms with Gasteiger partial charge in [0.05, 0.1) is 4.90 Å². The van der Waals surface area contributed by atoms with Crippen LogP contribution in [0.3, 0.4) is 0 Å². The van der Waals surface area contributed by atoms with Crippen molar-refractivity contribution in [2.75, 3.05) is 11.9 Å². The van der Waals surface area contributed by atoms with E-state index in [1.807, 2.05) is 0 Å². The Hall–Kier alpha value is -1.61. The third-order valence-electron chi connectivity index (χ3n) is 2.87. The second kappa shape index (κ2) is 5.64. The number of anilines is 1. The molecule has 5 nitrogen and oxygen atoms in total. The van der Waals surface area contributed by atoms with E-state index in [4.69, 9.17) is 0 Å². The van der Waals surface area contributed by atoms with Crippen LogP contribution in [-0.4, -0.2) is 27.1 Å². The molecule has 0 unspecified atom stereocenters. The number of alkyl halides is 3. The predicted molar refractivity (Wildman–Crippen MR) is 67.2 cm³/mol. The fourth-order valence-corrected chi connectivity index (χ4v) is 2.87. The lowest BCUT2D eigenvalue weighted by atomic mass is 10.1. The van der Waals surface area contributed by atoms with Gasteiger partial charge in [0.15, 0.2) is 6.61 Å². The van der Waals surface area contributed by atoms with Crippen LogP contribution < -0.4 is 5.32 Å². The monoisotopic (exact) mass is 323 g/mol. The minimum atomic E-state index is -4.73. The maximum absolute atomic E-state index is 12.0. The topological polar surface area (TPSA) is 72.5 Å². The van der Waals surface area contributed by atoms with Gasteiger partial charge in [-0.05, 0) is 36.6 Å². The molecule has 9 heteroatoms. The van der Waals surface area contributed by atoms with E-state index in [9.17, 15) is 26.4 Å². The summed E-state index contributed by atoms with van der Waals surface area (Å²) in [5, 5.41) is 2.60. The summed E-state index contributed by atoms with van der Waals surface area (Å²) < 4.78 is 63.5. The molecule has 1 amide bonds. The SMILES string of the molecule is O=C1CCCc2cc(S(=O)(=O)OCC(F)(F)F)ccc2N1.